The SMILES string of the molecule is CN(C)Cc1cccc[c]1[Sn][c]1ccccc1CN(C)C. The fraction of sp³-hybridized carbons (Fsp3) is 0.333. The van der Waals surface area contributed by atoms with Gasteiger partial charge in [-0.3, -0.25) is 0 Å². The van der Waals surface area contributed by atoms with Crippen LogP contribution < -0.4 is 7.16 Å². The molecule has 0 aliphatic heterocycles. The summed E-state index contributed by atoms with van der Waals surface area (Å²) in [6, 6.07) is 17.9. The van der Waals surface area contributed by atoms with Crippen molar-refractivity contribution in [1.82, 2.24) is 9.80 Å². The Balaban J connectivity index is 2.26. The van der Waals surface area contributed by atoms with E-state index in [0.717, 1.165) is 13.1 Å². The molecule has 3 heteroatoms. The zero-order valence-corrected chi connectivity index (χ0v) is 16.3. The van der Waals surface area contributed by atoms with Gasteiger partial charge in [-0.2, -0.15) is 0 Å². The Morgan fingerprint density at radius 1 is 0.667 bits per heavy atom. The second-order valence-electron chi connectivity index (χ2n) is 5.91. The molecule has 0 aliphatic carbocycles. The van der Waals surface area contributed by atoms with E-state index in [9.17, 15) is 0 Å². The average molecular weight is 387 g/mol. The normalized spacial score (nSPS) is 11.3. The first kappa shape index (κ1) is 16.5. The molecule has 0 saturated carbocycles. The van der Waals surface area contributed by atoms with Gasteiger partial charge in [0.2, 0.25) is 0 Å². The van der Waals surface area contributed by atoms with Crippen LogP contribution in [0, 0.1) is 0 Å². The minimum atomic E-state index is -0.754. The van der Waals surface area contributed by atoms with Crippen LogP contribution in [-0.4, -0.2) is 59.1 Å². The summed E-state index contributed by atoms with van der Waals surface area (Å²) in [4.78, 5) is 4.51. The van der Waals surface area contributed by atoms with E-state index in [1.54, 1.807) is 7.16 Å². The molecule has 2 aromatic rings. The van der Waals surface area contributed by atoms with Crippen LogP contribution in [-0.2, 0) is 13.1 Å². The van der Waals surface area contributed by atoms with Gasteiger partial charge < -0.3 is 0 Å². The number of hydrogen-bond donors (Lipinski definition) is 0. The third-order valence-corrected chi connectivity index (χ3v) is 7.60. The molecule has 0 fully saturated rings. The van der Waals surface area contributed by atoms with E-state index in [-0.39, 0.29) is 0 Å². The van der Waals surface area contributed by atoms with Crippen molar-refractivity contribution in [3.05, 3.63) is 59.7 Å². The fourth-order valence-corrected chi connectivity index (χ4v) is 6.08. The quantitative estimate of drug-likeness (QED) is 0.693. The van der Waals surface area contributed by atoms with Crippen LogP contribution in [0.5, 0.6) is 0 Å². The topological polar surface area (TPSA) is 6.48 Å². The summed E-state index contributed by atoms with van der Waals surface area (Å²) in [7, 11) is 8.56. The Kier molecular flexibility index (Phi) is 6.27. The molecule has 110 valence electrons. The van der Waals surface area contributed by atoms with Crippen LogP contribution in [0.4, 0.5) is 0 Å². The molecule has 0 amide bonds. The molecule has 0 saturated heterocycles. The first-order valence-corrected chi connectivity index (χ1v) is 10.1. The average Bonchev–Trinajstić information content (AvgIpc) is 2.42. The second kappa shape index (κ2) is 7.97. The number of benzene rings is 2. The van der Waals surface area contributed by atoms with E-state index in [1.165, 1.54) is 11.1 Å². The summed E-state index contributed by atoms with van der Waals surface area (Å²) in [5, 5.41) is 0. The molecule has 0 unspecified atom stereocenters. The molecule has 0 aliphatic rings. The minimum absolute atomic E-state index is 0.754. The fourth-order valence-electron chi connectivity index (χ4n) is 2.39. The third kappa shape index (κ3) is 5.13. The first-order chi connectivity index (χ1) is 10.1. The molecule has 2 aromatic carbocycles. The Bertz CT molecular complexity index is 527. The van der Waals surface area contributed by atoms with Crippen molar-refractivity contribution < 1.29 is 0 Å². The van der Waals surface area contributed by atoms with Crippen LogP contribution in [0.1, 0.15) is 11.1 Å². The summed E-state index contributed by atoms with van der Waals surface area (Å²) in [6.07, 6.45) is 0. The molecule has 2 radical (unpaired) electrons. The zero-order valence-electron chi connectivity index (χ0n) is 13.4. The van der Waals surface area contributed by atoms with E-state index < -0.39 is 21.1 Å². The van der Waals surface area contributed by atoms with Crippen molar-refractivity contribution in [2.75, 3.05) is 28.2 Å². The van der Waals surface area contributed by atoms with Gasteiger partial charge in [0.1, 0.15) is 0 Å². The standard InChI is InChI=1S/2C9H12N.Sn/c2*1-10(2)8-9-6-4-3-5-7-9;/h2*3-6H,8H2,1-2H3;. The summed E-state index contributed by atoms with van der Waals surface area (Å²) in [5.74, 6) is 0. The Hall–Kier alpha value is -0.841. The Morgan fingerprint density at radius 2 is 1.05 bits per heavy atom. The molecule has 21 heavy (non-hydrogen) atoms. The third-order valence-electron chi connectivity index (χ3n) is 3.28. The maximum absolute atomic E-state index is 2.33. The van der Waals surface area contributed by atoms with Gasteiger partial charge in [-0.05, 0) is 0 Å². The van der Waals surface area contributed by atoms with Gasteiger partial charge in [-0.1, -0.05) is 0 Å². The van der Waals surface area contributed by atoms with Gasteiger partial charge in [0, 0.05) is 0 Å². The predicted molar refractivity (Wildman–Crippen MR) is 92.7 cm³/mol. The van der Waals surface area contributed by atoms with Crippen molar-refractivity contribution in [3.63, 3.8) is 0 Å². The molecule has 0 bridgehead atoms. The van der Waals surface area contributed by atoms with Gasteiger partial charge in [0.05, 0.1) is 0 Å². The zero-order chi connectivity index (χ0) is 15.2. The molecular weight excluding hydrogens is 363 g/mol. The van der Waals surface area contributed by atoms with Crippen LogP contribution in [0.25, 0.3) is 0 Å². The molecule has 2 rings (SSSR count). The molecule has 0 aromatic heterocycles. The van der Waals surface area contributed by atoms with Crippen LogP contribution in [0.15, 0.2) is 48.5 Å². The summed E-state index contributed by atoms with van der Waals surface area (Å²) < 4.78 is 3.20. The second-order valence-corrected chi connectivity index (χ2v) is 9.70. The number of nitrogens with zero attached hydrogens (tertiary/aromatic N) is 2. The summed E-state index contributed by atoms with van der Waals surface area (Å²) in [6.45, 7) is 2.07. The van der Waals surface area contributed by atoms with E-state index in [1.807, 2.05) is 0 Å². The number of rotatable bonds is 6. The first-order valence-electron chi connectivity index (χ1n) is 7.28. The molecule has 0 heterocycles. The van der Waals surface area contributed by atoms with Gasteiger partial charge in [-0.15, -0.1) is 0 Å². The monoisotopic (exact) mass is 388 g/mol. The van der Waals surface area contributed by atoms with Gasteiger partial charge in [0.25, 0.3) is 0 Å². The van der Waals surface area contributed by atoms with Crippen molar-refractivity contribution in [3.8, 4) is 0 Å². The van der Waals surface area contributed by atoms with Gasteiger partial charge >= 0.3 is 139 Å². The summed E-state index contributed by atoms with van der Waals surface area (Å²) >= 11 is -0.754. The van der Waals surface area contributed by atoms with E-state index in [4.69, 9.17) is 0 Å². The molecule has 0 N–H and O–H groups in total. The van der Waals surface area contributed by atoms with Crippen LogP contribution in [0.3, 0.4) is 0 Å². The predicted octanol–water partition coefficient (Wildman–Crippen LogP) is 1.46. The maximum atomic E-state index is 2.33. The molecular formula is C18H24N2Sn. The molecule has 0 spiro atoms. The van der Waals surface area contributed by atoms with E-state index in [0.29, 0.717) is 0 Å². The van der Waals surface area contributed by atoms with E-state index >= 15 is 0 Å². The number of hydrogen-bond acceptors (Lipinski definition) is 2. The molecule has 0 atom stereocenters. The van der Waals surface area contributed by atoms with Crippen molar-refractivity contribution in [1.29, 1.82) is 0 Å². The van der Waals surface area contributed by atoms with Gasteiger partial charge in [-0.25, -0.2) is 0 Å². The van der Waals surface area contributed by atoms with Crippen molar-refractivity contribution in [2.45, 2.75) is 13.1 Å². The van der Waals surface area contributed by atoms with Crippen molar-refractivity contribution in [2.24, 2.45) is 0 Å². The van der Waals surface area contributed by atoms with Gasteiger partial charge in [0.15, 0.2) is 0 Å². The van der Waals surface area contributed by atoms with E-state index in [2.05, 4.69) is 86.5 Å². The van der Waals surface area contributed by atoms with Crippen LogP contribution in [0.2, 0.25) is 0 Å². The van der Waals surface area contributed by atoms with Crippen LogP contribution >= 0.6 is 0 Å². The molecule has 2 nitrogen and oxygen atoms in total. The summed E-state index contributed by atoms with van der Waals surface area (Å²) in [5.41, 5.74) is 2.99. The Labute approximate surface area is 139 Å². The van der Waals surface area contributed by atoms with Crippen molar-refractivity contribution >= 4 is 28.3 Å². The Morgan fingerprint density at radius 3 is 1.43 bits per heavy atom.